The third-order valence-corrected chi connectivity index (χ3v) is 12.6. The first-order chi connectivity index (χ1) is 27.1. The van der Waals surface area contributed by atoms with Crippen LogP contribution in [0, 0.1) is 17.8 Å². The number of fused-ring (bicyclic) bond motifs is 3. The zero-order chi connectivity index (χ0) is 41.3. The van der Waals surface area contributed by atoms with Gasteiger partial charge in [0.2, 0.25) is 0 Å². The second-order valence-electron chi connectivity index (χ2n) is 14.8. The Hall–Kier alpha value is -5.42. The minimum Gasteiger partial charge on any atom is -0.465 e. The van der Waals surface area contributed by atoms with Crippen LogP contribution in [0.3, 0.4) is 0 Å². The number of nitrogens with one attached hydrogen (secondary N) is 2. The summed E-state index contributed by atoms with van der Waals surface area (Å²) in [4.78, 5) is 107. The predicted molar refractivity (Wildman–Crippen MR) is 208 cm³/mol. The van der Waals surface area contributed by atoms with Crippen molar-refractivity contribution in [2.75, 3.05) is 38.1 Å². The Morgan fingerprint density at radius 1 is 0.737 bits per heavy atom. The molecule has 1 aromatic carbocycles. The number of imide groups is 1. The molecule has 6 rings (SSSR count). The fraction of sp³-hybridized carbons (Fsp3) is 0.450. The number of thiophene rings is 2. The Kier molecular flexibility index (Phi) is 12.3. The summed E-state index contributed by atoms with van der Waals surface area (Å²) in [7, 11) is 2.52. The van der Waals surface area contributed by atoms with Crippen LogP contribution in [0.1, 0.15) is 113 Å². The van der Waals surface area contributed by atoms with E-state index in [-0.39, 0.29) is 22.3 Å². The molecule has 2 N–H and O–H groups in total. The molecule has 0 bridgehead atoms. The first-order valence-corrected chi connectivity index (χ1v) is 20.2. The normalized spacial score (nSPS) is 17.6. The fourth-order valence-corrected chi connectivity index (χ4v) is 10.2. The monoisotopic (exact) mass is 821 g/mol. The molecule has 0 spiro atoms. The second kappa shape index (κ2) is 17.0. The molecule has 0 fully saturated rings. The lowest BCUT2D eigenvalue weighted by Gasteiger charge is -2.27. The zero-order valence-corrected chi connectivity index (χ0v) is 34.0. The average molecular weight is 822 g/mol. The van der Waals surface area contributed by atoms with Crippen molar-refractivity contribution < 1.29 is 57.3 Å². The molecule has 57 heavy (non-hydrogen) atoms. The van der Waals surface area contributed by atoms with E-state index >= 15 is 0 Å². The highest BCUT2D eigenvalue weighted by molar-refractivity contribution is 7.17. The maximum atomic E-state index is 13.7. The molecule has 2 aromatic heterocycles. The minimum absolute atomic E-state index is 0.0665. The molecule has 4 amide bonds. The Labute approximate surface area is 336 Å². The molecular weight excluding hydrogens is 779 g/mol. The third-order valence-electron chi connectivity index (χ3n) is 10.3. The van der Waals surface area contributed by atoms with Crippen molar-refractivity contribution in [2.24, 2.45) is 17.8 Å². The molecular formula is C40H43N3O12S2. The standard InChI is InChI=1S/C40H43N3O12S2/c1-18(2)32(40(51)55-17-29(45)42-34-31(39(50)53-6)24-11-8-20(4)14-27(24)57-34)43-35(46)22-12-9-21(15-25(22)36(43)47)37(48)54-16-28(44)41-33-30(38(49)52-5)23-10-7-19(3)13-26(23)56-33/h9,12,15,18-20,32H,7-8,10-11,13-14,16-17H2,1-6H3,(H,41,44)(H,42,45). The van der Waals surface area contributed by atoms with Gasteiger partial charge in [0.1, 0.15) is 16.0 Å². The largest absolute Gasteiger partial charge is 0.465 e. The summed E-state index contributed by atoms with van der Waals surface area (Å²) in [5.41, 5.74) is 1.90. The quantitative estimate of drug-likeness (QED) is 0.137. The van der Waals surface area contributed by atoms with Crippen LogP contribution in [0.2, 0.25) is 0 Å². The maximum Gasteiger partial charge on any atom is 0.341 e. The van der Waals surface area contributed by atoms with E-state index in [2.05, 4.69) is 24.5 Å². The highest BCUT2D eigenvalue weighted by Crippen LogP contribution is 2.41. The molecule has 3 heterocycles. The van der Waals surface area contributed by atoms with E-state index in [1.165, 1.54) is 49.0 Å². The molecule has 0 radical (unpaired) electrons. The number of rotatable bonds is 12. The number of carbonyl (C=O) groups is 8. The molecule has 17 heteroatoms. The van der Waals surface area contributed by atoms with Gasteiger partial charge in [0.15, 0.2) is 13.2 Å². The summed E-state index contributed by atoms with van der Waals surface area (Å²) < 4.78 is 20.5. The van der Waals surface area contributed by atoms with Gasteiger partial charge in [-0.15, -0.1) is 22.7 Å². The van der Waals surface area contributed by atoms with Gasteiger partial charge in [-0.1, -0.05) is 27.7 Å². The number of amides is 4. The number of methoxy groups -OCH3 is 2. The molecule has 2 aliphatic carbocycles. The van der Waals surface area contributed by atoms with Crippen LogP contribution >= 0.6 is 22.7 Å². The highest BCUT2D eigenvalue weighted by atomic mass is 32.1. The summed E-state index contributed by atoms with van der Waals surface area (Å²) in [5.74, 6) is -6.02. The SMILES string of the molecule is COC(=O)c1c(NC(=O)COC(=O)c2ccc3c(c2)C(=O)N(C(C(=O)OCC(=O)Nc2sc4c(c2C(=O)OC)CCC(C)C4)C(C)C)C3=O)sc2c1CCC(C)C2. The van der Waals surface area contributed by atoms with Gasteiger partial charge in [0.05, 0.1) is 42.0 Å². The van der Waals surface area contributed by atoms with Gasteiger partial charge in [0, 0.05) is 9.75 Å². The van der Waals surface area contributed by atoms with E-state index in [0.717, 1.165) is 57.5 Å². The van der Waals surface area contributed by atoms with Crippen LogP contribution < -0.4 is 10.6 Å². The number of esters is 4. The van der Waals surface area contributed by atoms with E-state index in [0.29, 0.717) is 40.2 Å². The first kappa shape index (κ1) is 41.2. The zero-order valence-electron chi connectivity index (χ0n) is 32.4. The van der Waals surface area contributed by atoms with Gasteiger partial charge in [0.25, 0.3) is 23.6 Å². The van der Waals surface area contributed by atoms with E-state index < -0.39 is 72.7 Å². The average Bonchev–Trinajstić information content (AvgIpc) is 3.79. The molecule has 1 aliphatic heterocycles. The van der Waals surface area contributed by atoms with Gasteiger partial charge in [-0.3, -0.25) is 24.1 Å². The molecule has 3 aliphatic rings. The van der Waals surface area contributed by atoms with Crippen LogP contribution in [-0.2, 0) is 59.0 Å². The molecule has 3 unspecified atom stereocenters. The summed E-state index contributed by atoms with van der Waals surface area (Å²) >= 11 is 2.56. The van der Waals surface area contributed by atoms with Gasteiger partial charge in [-0.2, -0.15) is 0 Å². The Balaban J connectivity index is 1.09. The maximum absolute atomic E-state index is 13.7. The molecule has 3 aromatic rings. The van der Waals surface area contributed by atoms with Gasteiger partial charge >= 0.3 is 23.9 Å². The van der Waals surface area contributed by atoms with Crippen LogP contribution in [0.4, 0.5) is 10.0 Å². The number of hydrogen-bond donors (Lipinski definition) is 2. The molecule has 0 saturated carbocycles. The Morgan fingerprint density at radius 2 is 1.23 bits per heavy atom. The highest BCUT2D eigenvalue weighted by Gasteiger charge is 2.45. The van der Waals surface area contributed by atoms with E-state index in [4.69, 9.17) is 18.9 Å². The van der Waals surface area contributed by atoms with Crippen LogP contribution in [0.5, 0.6) is 0 Å². The van der Waals surface area contributed by atoms with E-state index in [9.17, 15) is 38.4 Å². The van der Waals surface area contributed by atoms with Crippen LogP contribution in [-0.4, -0.2) is 85.9 Å². The third kappa shape index (κ3) is 8.35. The van der Waals surface area contributed by atoms with Crippen LogP contribution in [0.15, 0.2) is 18.2 Å². The smallest absolute Gasteiger partial charge is 0.341 e. The minimum atomic E-state index is -1.42. The summed E-state index contributed by atoms with van der Waals surface area (Å²) in [6, 6.07) is 2.24. The number of carbonyl (C=O) groups excluding carboxylic acids is 8. The number of hydrogen-bond acceptors (Lipinski definition) is 14. The predicted octanol–water partition coefficient (Wildman–Crippen LogP) is 5.23. The molecule has 15 nitrogen and oxygen atoms in total. The van der Waals surface area contributed by atoms with E-state index in [1.807, 2.05) is 0 Å². The van der Waals surface area contributed by atoms with Gasteiger partial charge in [-0.05, 0) is 85.6 Å². The first-order valence-electron chi connectivity index (χ1n) is 18.5. The van der Waals surface area contributed by atoms with Crippen molar-refractivity contribution in [3.63, 3.8) is 0 Å². The summed E-state index contributed by atoms with van der Waals surface area (Å²) in [6.45, 7) is 5.96. The number of ether oxygens (including phenoxy) is 4. The van der Waals surface area contributed by atoms with Crippen molar-refractivity contribution in [2.45, 2.75) is 72.3 Å². The topological polar surface area (TPSA) is 201 Å². The number of nitrogens with zero attached hydrogens (tertiary/aromatic N) is 1. The Bertz CT molecular complexity index is 2190. The van der Waals surface area contributed by atoms with Crippen molar-refractivity contribution in [3.8, 4) is 0 Å². The van der Waals surface area contributed by atoms with Crippen molar-refractivity contribution in [3.05, 3.63) is 66.9 Å². The lowest BCUT2D eigenvalue weighted by Crippen LogP contribution is -2.49. The second-order valence-corrected chi connectivity index (χ2v) is 17.0. The fourth-order valence-electron chi connectivity index (χ4n) is 7.39. The molecule has 302 valence electrons. The van der Waals surface area contributed by atoms with E-state index in [1.54, 1.807) is 13.8 Å². The van der Waals surface area contributed by atoms with Crippen molar-refractivity contribution in [1.82, 2.24) is 4.90 Å². The number of anilines is 2. The lowest BCUT2D eigenvalue weighted by atomic mass is 9.88. The summed E-state index contributed by atoms with van der Waals surface area (Å²) in [5, 5.41) is 5.92. The van der Waals surface area contributed by atoms with Crippen LogP contribution in [0.25, 0.3) is 0 Å². The summed E-state index contributed by atoms with van der Waals surface area (Å²) in [6.07, 6.45) is 4.63. The lowest BCUT2D eigenvalue weighted by molar-refractivity contribution is -0.152. The molecule has 3 atom stereocenters. The van der Waals surface area contributed by atoms with Crippen molar-refractivity contribution >= 4 is 80.2 Å². The Morgan fingerprint density at radius 3 is 1.72 bits per heavy atom. The van der Waals surface area contributed by atoms with Gasteiger partial charge in [-0.25, -0.2) is 19.2 Å². The molecule has 0 saturated heterocycles. The van der Waals surface area contributed by atoms with Crippen molar-refractivity contribution in [1.29, 1.82) is 0 Å². The number of benzene rings is 1. The van der Waals surface area contributed by atoms with Gasteiger partial charge < -0.3 is 29.6 Å².